The third-order valence-electron chi connectivity index (χ3n) is 2.91. The summed E-state index contributed by atoms with van der Waals surface area (Å²) in [6, 6.07) is 10.2. The van der Waals surface area contributed by atoms with Gasteiger partial charge in [-0.05, 0) is 42.7 Å². The largest absolute Gasteiger partial charge is 0.327 e. The van der Waals surface area contributed by atoms with E-state index in [2.05, 4.69) is 18.0 Å². The molecule has 0 amide bonds. The van der Waals surface area contributed by atoms with Crippen LogP contribution >= 0.6 is 23.4 Å². The average molecular weight is 293 g/mol. The molecule has 0 aliphatic rings. The molecule has 2 nitrogen and oxygen atoms in total. The van der Waals surface area contributed by atoms with Gasteiger partial charge in [0.15, 0.2) is 0 Å². The fourth-order valence-corrected chi connectivity index (χ4v) is 2.97. The van der Waals surface area contributed by atoms with Crippen LogP contribution in [-0.2, 0) is 6.42 Å². The lowest BCUT2D eigenvalue weighted by Crippen LogP contribution is -2.21. The molecule has 1 atom stereocenters. The van der Waals surface area contributed by atoms with Gasteiger partial charge in [0.25, 0.3) is 0 Å². The van der Waals surface area contributed by atoms with Crippen LogP contribution in [0.4, 0.5) is 0 Å². The Labute approximate surface area is 123 Å². The van der Waals surface area contributed by atoms with E-state index in [-0.39, 0.29) is 6.04 Å². The second-order valence-corrected chi connectivity index (χ2v) is 5.96. The molecular formula is C15H17ClN2S. The second-order valence-electron chi connectivity index (χ2n) is 4.41. The second kappa shape index (κ2) is 6.94. The maximum absolute atomic E-state index is 6.10. The van der Waals surface area contributed by atoms with Crippen molar-refractivity contribution in [2.24, 2.45) is 5.73 Å². The quantitative estimate of drug-likeness (QED) is 0.899. The Morgan fingerprint density at radius 3 is 2.68 bits per heavy atom. The highest BCUT2D eigenvalue weighted by molar-refractivity contribution is 7.99. The molecular weight excluding hydrogens is 276 g/mol. The van der Waals surface area contributed by atoms with Gasteiger partial charge < -0.3 is 5.73 Å². The minimum absolute atomic E-state index is 0.193. The van der Waals surface area contributed by atoms with E-state index in [1.807, 2.05) is 24.3 Å². The Morgan fingerprint density at radius 2 is 2.00 bits per heavy atom. The van der Waals surface area contributed by atoms with Crippen LogP contribution in [0.3, 0.4) is 0 Å². The SMILES string of the molecule is CCC(N)Cc1ccc(Cl)cc1Sc1ccncc1. The smallest absolute Gasteiger partial charge is 0.0417 e. The Balaban J connectivity index is 2.24. The molecule has 19 heavy (non-hydrogen) atoms. The van der Waals surface area contributed by atoms with Crippen molar-refractivity contribution in [3.63, 3.8) is 0 Å². The summed E-state index contributed by atoms with van der Waals surface area (Å²) >= 11 is 7.80. The van der Waals surface area contributed by atoms with Crippen molar-refractivity contribution >= 4 is 23.4 Å². The molecule has 0 spiro atoms. The van der Waals surface area contributed by atoms with Gasteiger partial charge in [-0.25, -0.2) is 0 Å². The van der Waals surface area contributed by atoms with E-state index in [4.69, 9.17) is 17.3 Å². The van der Waals surface area contributed by atoms with E-state index in [9.17, 15) is 0 Å². The lowest BCUT2D eigenvalue weighted by molar-refractivity contribution is 0.641. The summed E-state index contributed by atoms with van der Waals surface area (Å²) in [6.07, 6.45) is 5.44. The summed E-state index contributed by atoms with van der Waals surface area (Å²) in [5.74, 6) is 0. The van der Waals surface area contributed by atoms with Gasteiger partial charge in [-0.2, -0.15) is 0 Å². The first kappa shape index (κ1) is 14.4. The van der Waals surface area contributed by atoms with Crippen molar-refractivity contribution in [3.05, 3.63) is 53.3 Å². The molecule has 0 bridgehead atoms. The predicted molar refractivity (Wildman–Crippen MR) is 81.8 cm³/mol. The van der Waals surface area contributed by atoms with Gasteiger partial charge in [-0.15, -0.1) is 0 Å². The number of rotatable bonds is 5. The fourth-order valence-electron chi connectivity index (χ4n) is 1.75. The number of benzene rings is 1. The van der Waals surface area contributed by atoms with Gasteiger partial charge in [0.2, 0.25) is 0 Å². The lowest BCUT2D eigenvalue weighted by Gasteiger charge is -2.13. The zero-order chi connectivity index (χ0) is 13.7. The van der Waals surface area contributed by atoms with Gasteiger partial charge in [0.05, 0.1) is 0 Å². The van der Waals surface area contributed by atoms with Crippen molar-refractivity contribution in [2.45, 2.75) is 35.6 Å². The van der Waals surface area contributed by atoms with Crippen LogP contribution < -0.4 is 5.73 Å². The van der Waals surface area contributed by atoms with E-state index in [1.54, 1.807) is 24.2 Å². The van der Waals surface area contributed by atoms with Crippen molar-refractivity contribution in [1.29, 1.82) is 0 Å². The van der Waals surface area contributed by atoms with Gasteiger partial charge in [0, 0.05) is 33.2 Å². The first-order valence-corrected chi connectivity index (χ1v) is 7.50. The predicted octanol–water partition coefficient (Wildman–Crippen LogP) is 4.17. The van der Waals surface area contributed by atoms with Gasteiger partial charge in [-0.1, -0.05) is 36.4 Å². The van der Waals surface area contributed by atoms with Gasteiger partial charge in [0.1, 0.15) is 0 Å². The number of hydrogen-bond acceptors (Lipinski definition) is 3. The Kier molecular flexibility index (Phi) is 5.25. The molecule has 0 saturated carbocycles. The Bertz CT molecular complexity index is 531. The molecule has 0 saturated heterocycles. The molecule has 1 heterocycles. The summed E-state index contributed by atoms with van der Waals surface area (Å²) in [6.45, 7) is 2.11. The van der Waals surface area contributed by atoms with E-state index < -0.39 is 0 Å². The number of halogens is 1. The van der Waals surface area contributed by atoms with E-state index in [1.165, 1.54) is 10.5 Å². The molecule has 0 aliphatic carbocycles. The van der Waals surface area contributed by atoms with E-state index >= 15 is 0 Å². The first-order chi connectivity index (χ1) is 9.19. The zero-order valence-corrected chi connectivity index (χ0v) is 12.4. The molecule has 0 fully saturated rings. The van der Waals surface area contributed by atoms with Crippen LogP contribution in [0.5, 0.6) is 0 Å². The molecule has 1 aromatic heterocycles. The third-order valence-corrected chi connectivity index (χ3v) is 4.26. The molecule has 2 aromatic rings. The topological polar surface area (TPSA) is 38.9 Å². The standard InChI is InChI=1S/C15H17ClN2S/c1-2-13(17)9-11-3-4-12(16)10-15(11)19-14-5-7-18-8-6-14/h3-8,10,13H,2,9,17H2,1H3. The Hall–Kier alpha value is -1.03. The Morgan fingerprint density at radius 1 is 1.26 bits per heavy atom. The molecule has 2 rings (SSSR count). The van der Waals surface area contributed by atoms with E-state index in [0.29, 0.717) is 0 Å². The number of hydrogen-bond donors (Lipinski definition) is 1. The number of nitrogens with two attached hydrogens (primary N) is 1. The van der Waals surface area contributed by atoms with Crippen molar-refractivity contribution in [3.8, 4) is 0 Å². The summed E-state index contributed by atoms with van der Waals surface area (Å²) < 4.78 is 0. The lowest BCUT2D eigenvalue weighted by atomic mass is 10.1. The van der Waals surface area contributed by atoms with Crippen LogP contribution in [0, 0.1) is 0 Å². The molecule has 1 unspecified atom stereocenters. The summed E-state index contributed by atoms with van der Waals surface area (Å²) in [4.78, 5) is 6.35. The summed E-state index contributed by atoms with van der Waals surface area (Å²) in [7, 11) is 0. The minimum Gasteiger partial charge on any atom is -0.327 e. The van der Waals surface area contributed by atoms with Crippen LogP contribution in [0.1, 0.15) is 18.9 Å². The molecule has 100 valence electrons. The molecule has 2 N–H and O–H groups in total. The maximum Gasteiger partial charge on any atom is 0.0417 e. The molecule has 4 heteroatoms. The van der Waals surface area contributed by atoms with E-state index in [0.717, 1.165) is 22.8 Å². The van der Waals surface area contributed by atoms with Gasteiger partial charge in [-0.3, -0.25) is 4.98 Å². The van der Waals surface area contributed by atoms with Gasteiger partial charge >= 0.3 is 0 Å². The van der Waals surface area contributed by atoms with Crippen LogP contribution in [0.15, 0.2) is 52.5 Å². The fraction of sp³-hybridized carbons (Fsp3) is 0.267. The number of aromatic nitrogens is 1. The normalized spacial score (nSPS) is 12.4. The molecule has 0 radical (unpaired) electrons. The zero-order valence-electron chi connectivity index (χ0n) is 10.8. The number of nitrogens with zero attached hydrogens (tertiary/aromatic N) is 1. The number of pyridine rings is 1. The maximum atomic E-state index is 6.10. The highest BCUT2D eigenvalue weighted by Gasteiger charge is 2.09. The van der Waals surface area contributed by atoms with Crippen molar-refractivity contribution in [2.75, 3.05) is 0 Å². The summed E-state index contributed by atoms with van der Waals surface area (Å²) in [5, 5.41) is 0.755. The molecule has 1 aromatic carbocycles. The highest BCUT2D eigenvalue weighted by atomic mass is 35.5. The first-order valence-electron chi connectivity index (χ1n) is 6.31. The van der Waals surface area contributed by atoms with Crippen LogP contribution in [0.25, 0.3) is 0 Å². The van der Waals surface area contributed by atoms with Crippen molar-refractivity contribution in [1.82, 2.24) is 4.98 Å². The monoisotopic (exact) mass is 292 g/mol. The molecule has 0 aliphatic heterocycles. The van der Waals surface area contributed by atoms with Crippen molar-refractivity contribution < 1.29 is 0 Å². The third kappa shape index (κ3) is 4.23. The van der Waals surface area contributed by atoms with Crippen LogP contribution in [-0.4, -0.2) is 11.0 Å². The minimum atomic E-state index is 0.193. The average Bonchev–Trinajstić information content (AvgIpc) is 2.43. The summed E-state index contributed by atoms with van der Waals surface area (Å²) in [5.41, 5.74) is 7.30. The van der Waals surface area contributed by atoms with Crippen LogP contribution in [0.2, 0.25) is 5.02 Å². The highest BCUT2D eigenvalue weighted by Crippen LogP contribution is 2.32.